The number of rotatable bonds is 4. The van der Waals surface area contributed by atoms with E-state index in [1.807, 2.05) is 35.2 Å². The van der Waals surface area contributed by atoms with E-state index >= 15 is 0 Å². The molecule has 4 heteroatoms. The topological polar surface area (TPSA) is 32.8 Å². The zero-order valence-corrected chi connectivity index (χ0v) is 14.0. The van der Waals surface area contributed by atoms with Crippen molar-refractivity contribution in [3.8, 4) is 5.75 Å². The Hall–Kier alpha value is -1.81. The van der Waals surface area contributed by atoms with Gasteiger partial charge < -0.3 is 9.64 Å². The number of amides is 1. The first kappa shape index (κ1) is 16.1. The van der Waals surface area contributed by atoms with Crippen LogP contribution >= 0.6 is 0 Å². The molecule has 4 nitrogen and oxygen atoms in total. The van der Waals surface area contributed by atoms with Crippen molar-refractivity contribution >= 4 is 5.91 Å². The van der Waals surface area contributed by atoms with Crippen molar-refractivity contribution in [1.29, 1.82) is 0 Å². The third kappa shape index (κ3) is 3.13. The molecule has 1 amide bonds. The molecule has 0 radical (unpaired) electrons. The molecule has 124 valence electrons. The summed E-state index contributed by atoms with van der Waals surface area (Å²) in [6.07, 6.45) is 6.66. The van der Waals surface area contributed by atoms with E-state index in [4.69, 9.17) is 4.74 Å². The molecule has 0 unspecified atom stereocenters. The van der Waals surface area contributed by atoms with Crippen LogP contribution in [0.3, 0.4) is 0 Å². The minimum absolute atomic E-state index is 0.136. The monoisotopic (exact) mass is 314 g/mol. The van der Waals surface area contributed by atoms with Gasteiger partial charge in [-0.05, 0) is 56.5 Å². The van der Waals surface area contributed by atoms with E-state index in [0.717, 1.165) is 43.9 Å². The third-order valence-electron chi connectivity index (χ3n) is 5.27. The number of hydrogen-bond acceptors (Lipinski definition) is 3. The SMILES string of the molecule is C=CCN1CCC[C@@]12CCCN(C(=O)c1ccc(OC)cc1)C2. The van der Waals surface area contributed by atoms with Gasteiger partial charge in [0, 0.05) is 30.7 Å². The summed E-state index contributed by atoms with van der Waals surface area (Å²) in [5, 5.41) is 0. The summed E-state index contributed by atoms with van der Waals surface area (Å²) in [4.78, 5) is 17.4. The van der Waals surface area contributed by atoms with Gasteiger partial charge in [-0.1, -0.05) is 6.08 Å². The van der Waals surface area contributed by atoms with Crippen LogP contribution in [0, 0.1) is 0 Å². The lowest BCUT2D eigenvalue weighted by molar-refractivity contribution is 0.0367. The molecule has 0 aromatic heterocycles. The fraction of sp³-hybridized carbons (Fsp3) is 0.526. The number of hydrogen-bond donors (Lipinski definition) is 0. The zero-order valence-electron chi connectivity index (χ0n) is 14.0. The van der Waals surface area contributed by atoms with Gasteiger partial charge in [-0.2, -0.15) is 0 Å². The molecule has 2 fully saturated rings. The fourth-order valence-electron chi connectivity index (χ4n) is 4.10. The third-order valence-corrected chi connectivity index (χ3v) is 5.27. The number of carbonyl (C=O) groups is 1. The number of carbonyl (C=O) groups excluding carboxylic acids is 1. The number of methoxy groups -OCH3 is 1. The summed E-state index contributed by atoms with van der Waals surface area (Å²) in [5.74, 6) is 0.918. The highest BCUT2D eigenvalue weighted by Gasteiger charge is 2.44. The van der Waals surface area contributed by atoms with Gasteiger partial charge in [0.15, 0.2) is 0 Å². The first-order valence-corrected chi connectivity index (χ1v) is 8.48. The van der Waals surface area contributed by atoms with Gasteiger partial charge in [-0.15, -0.1) is 6.58 Å². The van der Waals surface area contributed by atoms with Gasteiger partial charge in [-0.25, -0.2) is 0 Å². The second kappa shape index (κ2) is 6.75. The van der Waals surface area contributed by atoms with Crippen LogP contribution < -0.4 is 4.74 Å². The van der Waals surface area contributed by atoms with Crippen molar-refractivity contribution in [1.82, 2.24) is 9.80 Å². The molecule has 0 aliphatic carbocycles. The van der Waals surface area contributed by atoms with Crippen LogP contribution in [0.25, 0.3) is 0 Å². The Balaban J connectivity index is 1.74. The lowest BCUT2D eigenvalue weighted by Crippen LogP contribution is -2.56. The first-order valence-electron chi connectivity index (χ1n) is 8.48. The smallest absolute Gasteiger partial charge is 0.253 e. The number of ether oxygens (including phenoxy) is 1. The van der Waals surface area contributed by atoms with Gasteiger partial charge in [0.1, 0.15) is 5.75 Å². The molecular formula is C19H26N2O2. The molecule has 2 aliphatic heterocycles. The van der Waals surface area contributed by atoms with Crippen LogP contribution in [0.4, 0.5) is 0 Å². The Kier molecular flexibility index (Phi) is 4.71. The van der Waals surface area contributed by atoms with Crippen LogP contribution in [0.5, 0.6) is 5.75 Å². The van der Waals surface area contributed by atoms with Gasteiger partial charge in [-0.3, -0.25) is 9.69 Å². The number of likely N-dealkylation sites (tertiary alicyclic amines) is 2. The molecule has 1 aromatic carbocycles. The molecule has 0 N–H and O–H groups in total. The van der Waals surface area contributed by atoms with Crippen LogP contribution in [0.15, 0.2) is 36.9 Å². The average Bonchev–Trinajstić information content (AvgIpc) is 2.96. The molecule has 23 heavy (non-hydrogen) atoms. The number of benzene rings is 1. The molecule has 2 saturated heterocycles. The normalized spacial score (nSPS) is 24.8. The van der Waals surface area contributed by atoms with E-state index in [-0.39, 0.29) is 11.4 Å². The minimum atomic E-state index is 0.136. The molecule has 1 atom stereocenters. The standard InChI is InChI=1S/C19H26N2O2/c1-3-12-21-14-5-11-19(21)10-4-13-20(15-19)18(22)16-6-8-17(23-2)9-7-16/h3,6-9H,1,4-5,10-15H2,2H3/t19-/m1/s1. The van der Waals surface area contributed by atoms with Gasteiger partial charge >= 0.3 is 0 Å². The quantitative estimate of drug-likeness (QED) is 0.801. The maximum absolute atomic E-state index is 12.9. The fourth-order valence-corrected chi connectivity index (χ4v) is 4.10. The Morgan fingerprint density at radius 1 is 1.26 bits per heavy atom. The molecular weight excluding hydrogens is 288 g/mol. The highest BCUT2D eigenvalue weighted by atomic mass is 16.5. The molecule has 1 aromatic rings. The van der Waals surface area contributed by atoms with Gasteiger partial charge in [0.2, 0.25) is 0 Å². The number of piperidine rings is 1. The first-order chi connectivity index (χ1) is 11.2. The molecule has 2 aliphatic rings. The van der Waals surface area contributed by atoms with Gasteiger partial charge in [0.05, 0.1) is 7.11 Å². The highest BCUT2D eigenvalue weighted by Crippen LogP contribution is 2.37. The van der Waals surface area contributed by atoms with Crippen molar-refractivity contribution < 1.29 is 9.53 Å². The van der Waals surface area contributed by atoms with Crippen molar-refractivity contribution in [2.75, 3.05) is 33.3 Å². The Morgan fingerprint density at radius 2 is 1.96 bits per heavy atom. The zero-order chi connectivity index (χ0) is 16.3. The Labute approximate surface area is 138 Å². The van der Waals surface area contributed by atoms with Crippen molar-refractivity contribution in [2.24, 2.45) is 0 Å². The van der Waals surface area contributed by atoms with E-state index < -0.39 is 0 Å². The van der Waals surface area contributed by atoms with Crippen molar-refractivity contribution in [3.05, 3.63) is 42.5 Å². The highest BCUT2D eigenvalue weighted by molar-refractivity contribution is 5.94. The maximum Gasteiger partial charge on any atom is 0.253 e. The van der Waals surface area contributed by atoms with E-state index in [2.05, 4.69) is 11.5 Å². The van der Waals surface area contributed by atoms with Crippen molar-refractivity contribution in [3.63, 3.8) is 0 Å². The van der Waals surface area contributed by atoms with Crippen LogP contribution in [0.1, 0.15) is 36.0 Å². The van der Waals surface area contributed by atoms with E-state index in [1.165, 1.54) is 19.3 Å². The summed E-state index contributed by atoms with van der Waals surface area (Å²) < 4.78 is 5.17. The van der Waals surface area contributed by atoms with Crippen molar-refractivity contribution in [2.45, 2.75) is 31.2 Å². The second-order valence-electron chi connectivity index (χ2n) is 6.62. The lowest BCUT2D eigenvalue weighted by Gasteiger charge is -2.45. The number of nitrogens with zero attached hydrogens (tertiary/aromatic N) is 2. The summed E-state index contributed by atoms with van der Waals surface area (Å²) in [7, 11) is 1.64. The van der Waals surface area contributed by atoms with Crippen LogP contribution in [-0.4, -0.2) is 54.5 Å². The Morgan fingerprint density at radius 3 is 2.61 bits per heavy atom. The summed E-state index contributed by atoms with van der Waals surface area (Å²) >= 11 is 0. The molecule has 0 saturated carbocycles. The predicted octanol–water partition coefficient (Wildman–Crippen LogP) is 2.95. The average molecular weight is 314 g/mol. The predicted molar refractivity (Wildman–Crippen MR) is 91.9 cm³/mol. The van der Waals surface area contributed by atoms with Crippen LogP contribution in [0.2, 0.25) is 0 Å². The largest absolute Gasteiger partial charge is 0.497 e. The van der Waals surface area contributed by atoms with E-state index in [0.29, 0.717) is 0 Å². The van der Waals surface area contributed by atoms with Gasteiger partial charge in [0.25, 0.3) is 5.91 Å². The van der Waals surface area contributed by atoms with Crippen LogP contribution in [-0.2, 0) is 0 Å². The second-order valence-corrected chi connectivity index (χ2v) is 6.62. The van der Waals surface area contributed by atoms with E-state index in [9.17, 15) is 4.79 Å². The Bertz CT molecular complexity index is 569. The molecule has 1 spiro atoms. The molecule has 2 heterocycles. The molecule has 0 bridgehead atoms. The summed E-state index contributed by atoms with van der Waals surface area (Å²) in [5.41, 5.74) is 0.908. The lowest BCUT2D eigenvalue weighted by atomic mass is 9.86. The molecule has 3 rings (SSSR count). The minimum Gasteiger partial charge on any atom is -0.497 e. The maximum atomic E-state index is 12.9. The summed E-state index contributed by atoms with van der Waals surface area (Å²) in [6.45, 7) is 7.62. The van der Waals surface area contributed by atoms with E-state index in [1.54, 1.807) is 7.11 Å². The summed E-state index contributed by atoms with van der Waals surface area (Å²) in [6, 6.07) is 7.43.